The van der Waals surface area contributed by atoms with E-state index in [1.54, 1.807) is 42.5 Å². The van der Waals surface area contributed by atoms with Crippen LogP contribution in [0, 0.1) is 0 Å². The van der Waals surface area contributed by atoms with Crippen LogP contribution in [-0.4, -0.2) is 11.8 Å². The molecule has 0 spiro atoms. The van der Waals surface area contributed by atoms with Crippen molar-refractivity contribution in [1.82, 2.24) is 0 Å². The molecule has 2 aromatic carbocycles. The molecule has 0 bridgehead atoms. The summed E-state index contributed by atoms with van der Waals surface area (Å²) in [4.78, 5) is 23.9. The molecule has 1 unspecified atom stereocenters. The highest BCUT2D eigenvalue weighted by Crippen LogP contribution is 2.35. The second-order valence-corrected chi connectivity index (χ2v) is 5.06. The Kier molecular flexibility index (Phi) is 3.28. The minimum absolute atomic E-state index is 0.0591. The summed E-state index contributed by atoms with van der Waals surface area (Å²) in [5.41, 5.74) is 1.78. The number of benzene rings is 2. The molecule has 0 radical (unpaired) electrons. The fraction of sp³-hybridized carbons (Fsp3) is 0.125. The van der Waals surface area contributed by atoms with Gasteiger partial charge in [-0.15, -0.1) is 0 Å². The second-order valence-electron chi connectivity index (χ2n) is 4.62. The second kappa shape index (κ2) is 5.10. The fourth-order valence-electron chi connectivity index (χ4n) is 2.30. The lowest BCUT2D eigenvalue weighted by Gasteiger charge is -2.10. The van der Waals surface area contributed by atoms with Crippen LogP contribution >= 0.6 is 11.6 Å². The molecule has 0 fully saturated rings. The zero-order valence-corrected chi connectivity index (χ0v) is 11.3. The Morgan fingerprint density at radius 2 is 1.90 bits per heavy atom. The van der Waals surface area contributed by atoms with Crippen LogP contribution in [0.4, 0.5) is 0 Å². The predicted molar refractivity (Wildman–Crippen MR) is 75.0 cm³/mol. The van der Waals surface area contributed by atoms with E-state index < -0.39 is 12.1 Å². The van der Waals surface area contributed by atoms with Crippen molar-refractivity contribution in [2.75, 3.05) is 0 Å². The number of cyclic esters (lactones) is 1. The third-order valence-electron chi connectivity index (χ3n) is 3.30. The molecule has 0 aromatic heterocycles. The van der Waals surface area contributed by atoms with Crippen LogP contribution in [0.5, 0.6) is 0 Å². The van der Waals surface area contributed by atoms with E-state index in [2.05, 4.69) is 0 Å². The van der Waals surface area contributed by atoms with Gasteiger partial charge in [-0.1, -0.05) is 41.9 Å². The maximum atomic E-state index is 12.2. The summed E-state index contributed by atoms with van der Waals surface area (Å²) in [6, 6.07) is 13.9. The van der Waals surface area contributed by atoms with Crippen LogP contribution in [0.15, 0.2) is 48.5 Å². The van der Waals surface area contributed by atoms with Gasteiger partial charge in [-0.25, -0.2) is 4.79 Å². The number of ketones is 1. The largest absolute Gasteiger partial charge is 0.453 e. The third kappa shape index (κ3) is 2.32. The van der Waals surface area contributed by atoms with E-state index >= 15 is 0 Å². The molecule has 0 saturated heterocycles. The molecule has 3 rings (SSSR count). The molecule has 1 aliphatic rings. The number of hydrogen-bond acceptors (Lipinski definition) is 3. The Morgan fingerprint density at radius 1 is 1.15 bits per heavy atom. The SMILES string of the molecule is O=C(CC1OC(=O)c2ccc(Cl)cc21)c1ccccc1. The van der Waals surface area contributed by atoms with Crippen LogP contribution in [-0.2, 0) is 4.74 Å². The van der Waals surface area contributed by atoms with Gasteiger partial charge in [0.2, 0.25) is 0 Å². The lowest BCUT2D eigenvalue weighted by molar-refractivity contribution is 0.0367. The number of hydrogen-bond donors (Lipinski definition) is 0. The number of rotatable bonds is 3. The molecule has 0 aliphatic carbocycles. The molecule has 2 aromatic rings. The van der Waals surface area contributed by atoms with Gasteiger partial charge in [-0.3, -0.25) is 4.79 Å². The summed E-state index contributed by atoms with van der Waals surface area (Å²) in [5, 5.41) is 0.527. The number of halogens is 1. The van der Waals surface area contributed by atoms with E-state index in [1.807, 2.05) is 6.07 Å². The van der Waals surface area contributed by atoms with Gasteiger partial charge in [0.1, 0.15) is 6.10 Å². The number of carbonyl (C=O) groups excluding carboxylic acids is 2. The lowest BCUT2D eigenvalue weighted by atomic mass is 9.98. The predicted octanol–water partition coefficient (Wildman–Crippen LogP) is 3.82. The molecule has 1 heterocycles. The van der Waals surface area contributed by atoms with Crippen molar-refractivity contribution in [3.05, 3.63) is 70.2 Å². The molecular weight excluding hydrogens is 276 g/mol. The Morgan fingerprint density at radius 3 is 2.65 bits per heavy atom. The highest BCUT2D eigenvalue weighted by Gasteiger charge is 2.32. The Bertz CT molecular complexity index is 679. The first-order valence-corrected chi connectivity index (χ1v) is 6.61. The van der Waals surface area contributed by atoms with Gasteiger partial charge in [0.05, 0.1) is 12.0 Å². The number of ether oxygens (including phenoxy) is 1. The molecule has 0 N–H and O–H groups in total. The number of esters is 1. The molecule has 20 heavy (non-hydrogen) atoms. The maximum absolute atomic E-state index is 12.2. The standard InChI is InChI=1S/C16H11ClO3/c17-11-6-7-12-13(8-11)15(20-16(12)19)9-14(18)10-4-2-1-3-5-10/h1-8,15H,9H2. The first-order chi connectivity index (χ1) is 9.65. The average Bonchev–Trinajstić information content (AvgIpc) is 2.76. The van der Waals surface area contributed by atoms with Crippen molar-refractivity contribution >= 4 is 23.4 Å². The van der Waals surface area contributed by atoms with Gasteiger partial charge in [0.15, 0.2) is 5.78 Å². The van der Waals surface area contributed by atoms with E-state index in [1.165, 1.54) is 0 Å². The van der Waals surface area contributed by atoms with E-state index in [-0.39, 0.29) is 12.2 Å². The molecule has 3 nitrogen and oxygen atoms in total. The van der Waals surface area contributed by atoms with Gasteiger partial charge in [-0.05, 0) is 18.2 Å². The summed E-state index contributed by atoms with van der Waals surface area (Å²) in [5.74, 6) is -0.459. The van der Waals surface area contributed by atoms with Crippen molar-refractivity contribution in [2.45, 2.75) is 12.5 Å². The topological polar surface area (TPSA) is 43.4 Å². The summed E-state index contributed by atoms with van der Waals surface area (Å²) < 4.78 is 5.26. The average molecular weight is 287 g/mol. The van der Waals surface area contributed by atoms with Gasteiger partial charge in [0, 0.05) is 16.1 Å². The minimum Gasteiger partial charge on any atom is -0.453 e. The monoisotopic (exact) mass is 286 g/mol. The quantitative estimate of drug-likeness (QED) is 0.636. The van der Waals surface area contributed by atoms with Crippen LogP contribution < -0.4 is 0 Å². The van der Waals surface area contributed by atoms with E-state index in [0.29, 0.717) is 21.7 Å². The highest BCUT2D eigenvalue weighted by molar-refractivity contribution is 6.30. The Balaban J connectivity index is 1.86. The summed E-state index contributed by atoms with van der Waals surface area (Å²) in [7, 11) is 0. The Hall–Kier alpha value is -2.13. The summed E-state index contributed by atoms with van der Waals surface area (Å²) in [6.07, 6.45) is -0.424. The maximum Gasteiger partial charge on any atom is 0.339 e. The van der Waals surface area contributed by atoms with Crippen LogP contribution in [0.1, 0.15) is 38.8 Å². The van der Waals surface area contributed by atoms with Crippen molar-refractivity contribution in [3.63, 3.8) is 0 Å². The van der Waals surface area contributed by atoms with Gasteiger partial charge in [0.25, 0.3) is 0 Å². The van der Waals surface area contributed by atoms with Crippen molar-refractivity contribution in [3.8, 4) is 0 Å². The summed E-state index contributed by atoms with van der Waals surface area (Å²) >= 11 is 5.94. The Labute approximate surface area is 121 Å². The molecule has 0 saturated carbocycles. The van der Waals surface area contributed by atoms with E-state index in [0.717, 1.165) is 0 Å². The van der Waals surface area contributed by atoms with Crippen LogP contribution in [0.2, 0.25) is 5.02 Å². The molecule has 100 valence electrons. The molecule has 1 atom stereocenters. The third-order valence-corrected chi connectivity index (χ3v) is 3.53. The van der Waals surface area contributed by atoms with E-state index in [4.69, 9.17) is 16.3 Å². The number of Topliss-reactive ketones (excluding diaryl/α,β-unsaturated/α-hetero) is 1. The number of carbonyl (C=O) groups is 2. The lowest BCUT2D eigenvalue weighted by Crippen LogP contribution is -2.07. The zero-order chi connectivity index (χ0) is 14.1. The minimum atomic E-state index is -0.552. The molecule has 4 heteroatoms. The number of fused-ring (bicyclic) bond motifs is 1. The van der Waals surface area contributed by atoms with Crippen LogP contribution in [0.3, 0.4) is 0 Å². The van der Waals surface area contributed by atoms with Crippen molar-refractivity contribution in [1.29, 1.82) is 0 Å². The van der Waals surface area contributed by atoms with Gasteiger partial charge >= 0.3 is 5.97 Å². The zero-order valence-electron chi connectivity index (χ0n) is 10.5. The summed E-state index contributed by atoms with van der Waals surface area (Å²) in [6.45, 7) is 0. The van der Waals surface area contributed by atoms with Gasteiger partial charge in [-0.2, -0.15) is 0 Å². The molecular formula is C16H11ClO3. The fourth-order valence-corrected chi connectivity index (χ4v) is 2.48. The smallest absolute Gasteiger partial charge is 0.339 e. The van der Waals surface area contributed by atoms with E-state index in [9.17, 15) is 9.59 Å². The highest BCUT2D eigenvalue weighted by atomic mass is 35.5. The molecule has 0 amide bonds. The van der Waals surface area contributed by atoms with Crippen molar-refractivity contribution in [2.24, 2.45) is 0 Å². The van der Waals surface area contributed by atoms with Gasteiger partial charge < -0.3 is 4.74 Å². The normalized spacial score (nSPS) is 16.6. The first-order valence-electron chi connectivity index (χ1n) is 6.24. The van der Waals surface area contributed by atoms with Crippen molar-refractivity contribution < 1.29 is 14.3 Å². The van der Waals surface area contributed by atoms with Crippen LogP contribution in [0.25, 0.3) is 0 Å². The first kappa shape index (κ1) is 12.9. The molecule has 1 aliphatic heterocycles.